The van der Waals surface area contributed by atoms with Crippen LogP contribution in [0.15, 0.2) is 108 Å². The van der Waals surface area contributed by atoms with Gasteiger partial charge in [0.2, 0.25) is 5.91 Å². The first-order valence-corrected chi connectivity index (χ1v) is 13.7. The quantitative estimate of drug-likeness (QED) is 0.195. The van der Waals surface area contributed by atoms with E-state index in [1.807, 2.05) is 73.7 Å². The van der Waals surface area contributed by atoms with Crippen molar-refractivity contribution in [3.8, 4) is 28.5 Å². The summed E-state index contributed by atoms with van der Waals surface area (Å²) in [6.07, 6.45) is 0.475. The molecule has 5 rings (SSSR count). The number of fused-ring (bicyclic) bond motifs is 1. The van der Waals surface area contributed by atoms with E-state index in [0.29, 0.717) is 28.4 Å². The fraction of sp³-hybridized carbons (Fsp3) is 0.0909. The molecule has 0 saturated heterocycles. The number of benzene rings is 4. The first-order chi connectivity index (χ1) is 19.5. The summed E-state index contributed by atoms with van der Waals surface area (Å²) in [6, 6.07) is 34.3. The summed E-state index contributed by atoms with van der Waals surface area (Å²) in [7, 11) is 0. The highest BCUT2D eigenvalue weighted by molar-refractivity contribution is 8.00. The number of nitrogens with one attached hydrogen (secondary N) is 1. The molecular weight excluding hydrogens is 518 g/mol. The number of thioether (sulfide) groups is 1. The van der Waals surface area contributed by atoms with Gasteiger partial charge in [-0.05, 0) is 53.1 Å². The highest BCUT2D eigenvalue weighted by Crippen LogP contribution is 2.37. The highest BCUT2D eigenvalue weighted by atomic mass is 32.2. The van der Waals surface area contributed by atoms with E-state index in [2.05, 4.69) is 23.5 Å². The lowest BCUT2D eigenvalue weighted by Gasteiger charge is -2.18. The molecule has 0 radical (unpaired) electrons. The van der Waals surface area contributed by atoms with Crippen LogP contribution < -0.4 is 5.32 Å². The van der Waals surface area contributed by atoms with E-state index in [-0.39, 0.29) is 11.5 Å². The molecule has 5 aromatic rings. The number of carbonyl (C=O) groups excluding carboxylic acids is 1. The third kappa shape index (κ3) is 5.73. The summed E-state index contributed by atoms with van der Waals surface area (Å²) >= 11 is 1.24. The number of nitriles is 1. The Hall–Kier alpha value is -4.93. The molecule has 0 aliphatic rings. The predicted molar refractivity (Wildman–Crippen MR) is 159 cm³/mol. The number of aromatic carboxylic acids is 1. The van der Waals surface area contributed by atoms with Gasteiger partial charge in [0.05, 0.1) is 22.1 Å². The Balaban J connectivity index is 1.56. The van der Waals surface area contributed by atoms with Crippen LogP contribution in [-0.2, 0) is 4.79 Å². The van der Waals surface area contributed by atoms with Gasteiger partial charge in [0, 0.05) is 16.8 Å². The number of pyridine rings is 1. The third-order valence-corrected chi connectivity index (χ3v) is 7.87. The molecule has 6 nitrogen and oxygen atoms in total. The molecule has 7 heteroatoms. The second kappa shape index (κ2) is 11.9. The van der Waals surface area contributed by atoms with Crippen molar-refractivity contribution in [2.24, 2.45) is 0 Å². The van der Waals surface area contributed by atoms with Crippen LogP contribution in [0.4, 0.5) is 5.69 Å². The molecule has 2 N–H and O–H groups in total. The van der Waals surface area contributed by atoms with E-state index in [0.717, 1.165) is 27.5 Å². The van der Waals surface area contributed by atoms with Crippen molar-refractivity contribution in [3.05, 3.63) is 114 Å². The van der Waals surface area contributed by atoms with Crippen LogP contribution in [0.5, 0.6) is 0 Å². The minimum Gasteiger partial charge on any atom is -0.478 e. The Morgan fingerprint density at radius 3 is 2.38 bits per heavy atom. The molecule has 1 aromatic heterocycles. The minimum absolute atomic E-state index is 0.0857. The van der Waals surface area contributed by atoms with E-state index in [1.165, 1.54) is 23.9 Å². The van der Waals surface area contributed by atoms with Crippen LogP contribution in [0, 0.1) is 11.3 Å². The number of aromatic nitrogens is 1. The summed E-state index contributed by atoms with van der Waals surface area (Å²) in [6.45, 7) is 1.89. The smallest absolute Gasteiger partial charge is 0.335 e. The van der Waals surface area contributed by atoms with Gasteiger partial charge in [0.1, 0.15) is 11.1 Å². The molecule has 0 fully saturated rings. The number of carbonyl (C=O) groups is 2. The molecule has 1 atom stereocenters. The number of carboxylic acid groups (broad SMARTS) is 1. The minimum atomic E-state index is -1.07. The number of nitrogens with zero attached hydrogens (tertiary/aromatic N) is 2. The van der Waals surface area contributed by atoms with Gasteiger partial charge in [-0.25, -0.2) is 9.78 Å². The molecule has 0 spiro atoms. The number of amides is 1. The largest absolute Gasteiger partial charge is 0.478 e. The summed E-state index contributed by atoms with van der Waals surface area (Å²) in [4.78, 5) is 29.6. The standard InChI is InChI=1S/C33H25N3O3S/c1-2-30(31(37)35-26-14-8-13-25(18-26)33(38)39)40-32-28(20-34)27(22-10-4-3-5-11-22)19-29(36-32)24-16-15-21-9-6-7-12-23(21)17-24/h3-19,30H,2H2,1H3,(H,35,37)(H,38,39). The Labute approximate surface area is 236 Å². The fourth-order valence-corrected chi connectivity index (χ4v) is 5.49. The van der Waals surface area contributed by atoms with Crippen molar-refractivity contribution in [3.63, 3.8) is 0 Å². The summed E-state index contributed by atoms with van der Waals surface area (Å²) in [5.74, 6) is -1.36. The first-order valence-electron chi connectivity index (χ1n) is 12.8. The van der Waals surface area contributed by atoms with Gasteiger partial charge < -0.3 is 10.4 Å². The molecule has 0 bridgehead atoms. The SMILES string of the molecule is CCC(Sc1nc(-c2ccc3ccccc3c2)cc(-c2ccccc2)c1C#N)C(=O)Nc1cccc(C(=O)O)c1. The normalized spacial score (nSPS) is 11.5. The molecule has 196 valence electrons. The second-order valence-corrected chi connectivity index (χ2v) is 10.4. The number of hydrogen-bond donors (Lipinski definition) is 2. The van der Waals surface area contributed by atoms with Crippen LogP contribution in [-0.4, -0.2) is 27.2 Å². The average Bonchev–Trinajstić information content (AvgIpc) is 2.99. The number of rotatable bonds is 8. The molecule has 1 amide bonds. The van der Waals surface area contributed by atoms with Crippen LogP contribution in [0.25, 0.3) is 33.2 Å². The van der Waals surface area contributed by atoms with E-state index < -0.39 is 11.2 Å². The van der Waals surface area contributed by atoms with Gasteiger partial charge in [-0.15, -0.1) is 0 Å². The maximum absolute atomic E-state index is 13.3. The van der Waals surface area contributed by atoms with Gasteiger partial charge in [0.15, 0.2) is 0 Å². The molecule has 0 aliphatic carbocycles. The van der Waals surface area contributed by atoms with Crippen molar-refractivity contribution in [1.29, 1.82) is 5.26 Å². The van der Waals surface area contributed by atoms with E-state index >= 15 is 0 Å². The summed E-state index contributed by atoms with van der Waals surface area (Å²) in [5.41, 5.74) is 4.12. The van der Waals surface area contributed by atoms with E-state index in [4.69, 9.17) is 4.98 Å². The van der Waals surface area contributed by atoms with Crippen LogP contribution in [0.3, 0.4) is 0 Å². The Bertz CT molecular complexity index is 1760. The lowest BCUT2D eigenvalue weighted by Crippen LogP contribution is -2.25. The number of anilines is 1. The van der Waals surface area contributed by atoms with E-state index in [9.17, 15) is 20.0 Å². The summed E-state index contributed by atoms with van der Waals surface area (Å²) < 4.78 is 0. The monoisotopic (exact) mass is 543 g/mol. The molecule has 1 heterocycles. The molecule has 0 aliphatic heterocycles. The number of hydrogen-bond acceptors (Lipinski definition) is 5. The van der Waals surface area contributed by atoms with E-state index in [1.54, 1.807) is 12.1 Å². The highest BCUT2D eigenvalue weighted by Gasteiger charge is 2.24. The lowest BCUT2D eigenvalue weighted by molar-refractivity contribution is -0.115. The zero-order valence-corrected chi connectivity index (χ0v) is 22.5. The van der Waals surface area contributed by atoms with Gasteiger partial charge >= 0.3 is 5.97 Å². The molecular formula is C33H25N3O3S. The second-order valence-electron chi connectivity index (χ2n) is 9.16. The third-order valence-electron chi connectivity index (χ3n) is 6.52. The lowest BCUT2D eigenvalue weighted by atomic mass is 9.98. The molecule has 40 heavy (non-hydrogen) atoms. The first kappa shape index (κ1) is 26.7. The van der Waals surface area contributed by atoms with Crippen LogP contribution in [0.1, 0.15) is 29.3 Å². The van der Waals surface area contributed by atoms with Crippen molar-refractivity contribution in [2.75, 3.05) is 5.32 Å². The van der Waals surface area contributed by atoms with Gasteiger partial charge in [-0.1, -0.05) is 91.5 Å². The zero-order valence-electron chi connectivity index (χ0n) is 21.7. The maximum atomic E-state index is 13.3. The Morgan fingerprint density at radius 1 is 0.900 bits per heavy atom. The predicted octanol–water partition coefficient (Wildman–Crippen LogP) is 7.65. The van der Waals surface area contributed by atoms with Crippen molar-refractivity contribution in [2.45, 2.75) is 23.6 Å². The number of carboxylic acids is 1. The van der Waals surface area contributed by atoms with Gasteiger partial charge in [-0.3, -0.25) is 4.79 Å². The molecule has 1 unspecified atom stereocenters. The maximum Gasteiger partial charge on any atom is 0.335 e. The Morgan fingerprint density at radius 2 is 1.65 bits per heavy atom. The van der Waals surface area contributed by atoms with Crippen molar-refractivity contribution < 1.29 is 14.7 Å². The fourth-order valence-electron chi connectivity index (χ4n) is 4.47. The van der Waals surface area contributed by atoms with Gasteiger partial charge in [0.25, 0.3) is 0 Å². The van der Waals surface area contributed by atoms with Crippen LogP contribution in [0.2, 0.25) is 0 Å². The topological polar surface area (TPSA) is 103 Å². The summed E-state index contributed by atoms with van der Waals surface area (Å²) in [5, 5.41) is 24.5. The zero-order chi connectivity index (χ0) is 28.1. The van der Waals surface area contributed by atoms with Crippen LogP contribution >= 0.6 is 11.8 Å². The Kier molecular flexibility index (Phi) is 7.90. The van der Waals surface area contributed by atoms with Gasteiger partial charge in [-0.2, -0.15) is 5.26 Å². The van der Waals surface area contributed by atoms with Crippen molar-refractivity contribution >= 4 is 40.1 Å². The van der Waals surface area contributed by atoms with Crippen molar-refractivity contribution in [1.82, 2.24) is 4.98 Å². The molecule has 4 aromatic carbocycles. The average molecular weight is 544 g/mol. The molecule has 0 saturated carbocycles.